The summed E-state index contributed by atoms with van der Waals surface area (Å²) in [6.07, 6.45) is 4.93. The molecule has 1 heterocycles. The van der Waals surface area contributed by atoms with Gasteiger partial charge in [0.2, 0.25) is 0 Å². The van der Waals surface area contributed by atoms with E-state index in [-0.39, 0.29) is 23.7 Å². The predicted octanol–water partition coefficient (Wildman–Crippen LogP) is 3.23. The highest BCUT2D eigenvalue weighted by atomic mass is 32.2. The highest BCUT2D eigenvalue weighted by molar-refractivity contribution is 7.86. The molecule has 0 radical (unpaired) electrons. The van der Waals surface area contributed by atoms with Crippen molar-refractivity contribution in [2.45, 2.75) is 49.7 Å². The van der Waals surface area contributed by atoms with Crippen LogP contribution >= 0.6 is 0 Å². The van der Waals surface area contributed by atoms with Gasteiger partial charge in [0, 0.05) is 13.2 Å². The van der Waals surface area contributed by atoms with E-state index in [1.165, 1.54) is 0 Å². The van der Waals surface area contributed by atoms with Crippen LogP contribution in [0, 0.1) is 6.92 Å². The lowest BCUT2D eigenvalue weighted by Gasteiger charge is -2.31. The number of unbranched alkanes of at least 4 members (excludes halogenated alkanes) is 1. The molecule has 134 valence electrons. The number of aryl methyl sites for hydroxylation is 1. The molecule has 2 rings (SSSR count). The Labute approximate surface area is 144 Å². The number of benzene rings is 1. The Hall–Kier alpha value is -1.21. The maximum atomic E-state index is 12.3. The Morgan fingerprint density at radius 2 is 2.08 bits per heavy atom. The van der Waals surface area contributed by atoms with Crippen LogP contribution in [0.25, 0.3) is 0 Å². The van der Waals surface area contributed by atoms with E-state index in [0.29, 0.717) is 13.2 Å². The molecule has 0 amide bonds. The number of ether oxygens (including phenoxy) is 2. The van der Waals surface area contributed by atoms with E-state index in [1.54, 1.807) is 24.3 Å². The Kier molecular flexibility index (Phi) is 7.42. The molecule has 0 spiro atoms. The lowest BCUT2D eigenvalue weighted by molar-refractivity contribution is -0.117. The second kappa shape index (κ2) is 9.32. The van der Waals surface area contributed by atoms with Crippen molar-refractivity contribution in [1.29, 1.82) is 0 Å². The average Bonchev–Trinajstić information content (AvgIpc) is 2.58. The topological polar surface area (TPSA) is 61.8 Å². The summed E-state index contributed by atoms with van der Waals surface area (Å²) in [7, 11) is -3.78. The average molecular weight is 354 g/mol. The van der Waals surface area contributed by atoms with Crippen molar-refractivity contribution >= 4 is 10.1 Å². The quantitative estimate of drug-likeness (QED) is 0.387. The van der Waals surface area contributed by atoms with Gasteiger partial charge in [0.15, 0.2) is 0 Å². The van der Waals surface area contributed by atoms with E-state index in [0.717, 1.165) is 31.2 Å². The zero-order valence-electron chi connectivity index (χ0n) is 14.1. The summed E-state index contributed by atoms with van der Waals surface area (Å²) in [4.78, 5) is 0.160. The summed E-state index contributed by atoms with van der Waals surface area (Å²) >= 11 is 0. The molecule has 0 aromatic heterocycles. The molecule has 5 nitrogen and oxygen atoms in total. The van der Waals surface area contributed by atoms with Crippen LogP contribution < -0.4 is 0 Å². The van der Waals surface area contributed by atoms with Crippen molar-refractivity contribution in [1.82, 2.24) is 0 Å². The summed E-state index contributed by atoms with van der Waals surface area (Å²) in [5, 5.41) is 0. The van der Waals surface area contributed by atoms with Gasteiger partial charge in [0.25, 0.3) is 10.1 Å². The predicted molar refractivity (Wildman–Crippen MR) is 92.5 cm³/mol. The normalized spacial score (nSPS) is 21.5. The van der Waals surface area contributed by atoms with Gasteiger partial charge in [0.1, 0.15) is 6.10 Å². The van der Waals surface area contributed by atoms with Crippen LogP contribution in [0.1, 0.15) is 31.2 Å². The van der Waals surface area contributed by atoms with Gasteiger partial charge in [-0.1, -0.05) is 23.8 Å². The van der Waals surface area contributed by atoms with Gasteiger partial charge in [-0.2, -0.15) is 8.42 Å². The first-order valence-corrected chi connectivity index (χ1v) is 9.74. The molecule has 0 saturated carbocycles. The minimum absolute atomic E-state index is 0.0255. The molecule has 1 aliphatic rings. The third kappa shape index (κ3) is 5.70. The summed E-state index contributed by atoms with van der Waals surface area (Å²) < 4.78 is 41.2. The fourth-order valence-electron chi connectivity index (χ4n) is 2.55. The highest BCUT2D eigenvalue weighted by Gasteiger charge is 2.29. The molecule has 2 atom stereocenters. The van der Waals surface area contributed by atoms with Crippen molar-refractivity contribution in [3.63, 3.8) is 0 Å². The fourth-order valence-corrected chi connectivity index (χ4v) is 3.47. The highest BCUT2D eigenvalue weighted by Crippen LogP contribution is 2.20. The van der Waals surface area contributed by atoms with Crippen LogP contribution in [0.2, 0.25) is 0 Å². The first-order chi connectivity index (χ1) is 11.5. The Balaban J connectivity index is 1.89. The molecule has 1 aromatic rings. The molecule has 0 aliphatic carbocycles. The standard InChI is InChI=1S/C18H26O5S/c1-3-4-5-12-21-17-7-6-13-22-18(17)14-23-24(19,20)16-10-8-15(2)9-11-16/h3,8-11,17-18H,1,4-7,12-14H2,2H3/t17-,18+/m0/s1. The van der Waals surface area contributed by atoms with E-state index in [4.69, 9.17) is 13.7 Å². The molecule has 6 heteroatoms. The zero-order chi connectivity index (χ0) is 17.4. The summed E-state index contributed by atoms with van der Waals surface area (Å²) in [5.74, 6) is 0. The van der Waals surface area contributed by atoms with E-state index >= 15 is 0 Å². The Bertz CT molecular complexity index is 609. The van der Waals surface area contributed by atoms with E-state index < -0.39 is 10.1 Å². The number of allylic oxidation sites excluding steroid dienone is 1. The molecule has 0 N–H and O–H groups in total. The summed E-state index contributed by atoms with van der Waals surface area (Å²) in [5.41, 5.74) is 0.998. The molecule has 24 heavy (non-hydrogen) atoms. The first kappa shape index (κ1) is 19.1. The molecule has 1 saturated heterocycles. The summed E-state index contributed by atoms with van der Waals surface area (Å²) in [6.45, 7) is 6.78. The van der Waals surface area contributed by atoms with Gasteiger partial charge in [-0.3, -0.25) is 4.18 Å². The van der Waals surface area contributed by atoms with Crippen LogP contribution in [0.5, 0.6) is 0 Å². The molecule has 0 unspecified atom stereocenters. The van der Waals surface area contributed by atoms with Gasteiger partial charge in [0.05, 0.1) is 17.6 Å². The minimum Gasteiger partial charge on any atom is -0.375 e. The van der Waals surface area contributed by atoms with Crippen LogP contribution in [0.15, 0.2) is 41.8 Å². The lowest BCUT2D eigenvalue weighted by atomic mass is 10.1. The van der Waals surface area contributed by atoms with Crippen LogP contribution in [-0.4, -0.2) is 40.4 Å². The van der Waals surface area contributed by atoms with Crippen molar-refractivity contribution < 1.29 is 22.1 Å². The minimum atomic E-state index is -3.78. The number of hydrogen-bond donors (Lipinski definition) is 0. The Morgan fingerprint density at radius 1 is 1.33 bits per heavy atom. The molecular weight excluding hydrogens is 328 g/mol. The molecule has 0 bridgehead atoms. The number of hydrogen-bond acceptors (Lipinski definition) is 5. The first-order valence-electron chi connectivity index (χ1n) is 8.33. The maximum absolute atomic E-state index is 12.3. The molecule has 1 aromatic carbocycles. The van der Waals surface area contributed by atoms with Gasteiger partial charge < -0.3 is 9.47 Å². The smallest absolute Gasteiger partial charge is 0.297 e. The van der Waals surface area contributed by atoms with Crippen molar-refractivity contribution in [2.24, 2.45) is 0 Å². The van der Waals surface area contributed by atoms with Gasteiger partial charge in [-0.25, -0.2) is 0 Å². The SMILES string of the molecule is C=CCCCO[C@H]1CCCO[C@@H]1COS(=O)(=O)c1ccc(C)cc1. The lowest BCUT2D eigenvalue weighted by Crippen LogP contribution is -2.40. The van der Waals surface area contributed by atoms with Gasteiger partial charge >= 0.3 is 0 Å². The summed E-state index contributed by atoms with van der Waals surface area (Å²) in [6, 6.07) is 6.60. The largest absolute Gasteiger partial charge is 0.375 e. The van der Waals surface area contributed by atoms with Crippen LogP contribution in [-0.2, 0) is 23.8 Å². The molecule has 1 aliphatic heterocycles. The molecular formula is C18H26O5S. The van der Waals surface area contributed by atoms with Crippen LogP contribution in [0.3, 0.4) is 0 Å². The van der Waals surface area contributed by atoms with E-state index in [9.17, 15) is 8.42 Å². The van der Waals surface area contributed by atoms with Crippen molar-refractivity contribution in [3.8, 4) is 0 Å². The van der Waals surface area contributed by atoms with Gasteiger partial charge in [-0.05, 0) is 44.7 Å². The zero-order valence-corrected chi connectivity index (χ0v) is 15.0. The third-order valence-electron chi connectivity index (χ3n) is 3.96. The fraction of sp³-hybridized carbons (Fsp3) is 0.556. The second-order valence-corrected chi connectivity index (χ2v) is 7.56. The maximum Gasteiger partial charge on any atom is 0.297 e. The Morgan fingerprint density at radius 3 is 2.79 bits per heavy atom. The van der Waals surface area contributed by atoms with E-state index in [1.807, 2.05) is 13.0 Å². The van der Waals surface area contributed by atoms with Crippen molar-refractivity contribution in [2.75, 3.05) is 19.8 Å². The monoisotopic (exact) mass is 354 g/mol. The van der Waals surface area contributed by atoms with Crippen molar-refractivity contribution in [3.05, 3.63) is 42.5 Å². The van der Waals surface area contributed by atoms with Gasteiger partial charge in [-0.15, -0.1) is 6.58 Å². The van der Waals surface area contributed by atoms with E-state index in [2.05, 4.69) is 6.58 Å². The van der Waals surface area contributed by atoms with Crippen LogP contribution in [0.4, 0.5) is 0 Å². The molecule has 1 fully saturated rings. The third-order valence-corrected chi connectivity index (χ3v) is 5.26. The number of rotatable bonds is 9. The second-order valence-electron chi connectivity index (χ2n) is 5.94.